The topological polar surface area (TPSA) is 59.8 Å². The number of hydrogen-bond donors (Lipinski definition) is 1. The van der Waals surface area contributed by atoms with Crippen molar-refractivity contribution in [2.24, 2.45) is 0 Å². The largest absolute Gasteiger partial charge is 0.322 e. The smallest absolute Gasteiger partial charge is 0.258 e. The van der Waals surface area contributed by atoms with Crippen LogP contribution in [0, 0.1) is 19.7 Å². The van der Waals surface area contributed by atoms with Gasteiger partial charge in [-0.05, 0) is 44.2 Å². The summed E-state index contributed by atoms with van der Waals surface area (Å²) in [5.74, 6) is -1.15. The summed E-state index contributed by atoms with van der Waals surface area (Å²) in [5.41, 5.74) is 3.52. The van der Waals surface area contributed by atoms with Gasteiger partial charge in [0.05, 0.1) is 23.8 Å². The van der Waals surface area contributed by atoms with E-state index in [1.807, 2.05) is 30.5 Å². The zero-order chi connectivity index (χ0) is 16.4. The van der Waals surface area contributed by atoms with Crippen molar-refractivity contribution in [1.82, 2.24) is 14.5 Å². The summed E-state index contributed by atoms with van der Waals surface area (Å²) in [6.45, 7) is 3.94. The molecule has 0 atom stereocenters. The highest BCUT2D eigenvalue weighted by Crippen LogP contribution is 2.17. The molecule has 5 nitrogen and oxygen atoms in total. The molecule has 2 aromatic heterocycles. The van der Waals surface area contributed by atoms with Gasteiger partial charge in [0.1, 0.15) is 0 Å². The summed E-state index contributed by atoms with van der Waals surface area (Å²) in [4.78, 5) is 19.9. The van der Waals surface area contributed by atoms with E-state index in [0.717, 1.165) is 23.3 Å². The monoisotopic (exact) mass is 310 g/mol. The maximum Gasteiger partial charge on any atom is 0.258 e. The van der Waals surface area contributed by atoms with E-state index in [2.05, 4.69) is 15.3 Å². The molecule has 0 aliphatic carbocycles. The molecular formula is C17H15FN4O. The molecule has 1 N–H and O–H groups in total. The first-order chi connectivity index (χ1) is 11.1. The standard InChI is InChI=1S/C17H15FN4O/c1-11-12(2)22(10-20-11)14-5-3-13(4-6-14)21-17(23)15-7-8-19-9-16(15)18/h3-10H,1-2H3,(H,21,23). The molecule has 6 heteroatoms. The van der Waals surface area contributed by atoms with E-state index in [-0.39, 0.29) is 5.56 Å². The van der Waals surface area contributed by atoms with E-state index in [9.17, 15) is 9.18 Å². The summed E-state index contributed by atoms with van der Waals surface area (Å²) in [6.07, 6.45) is 4.15. The Kier molecular flexibility index (Phi) is 3.89. The average molecular weight is 310 g/mol. The molecule has 0 fully saturated rings. The second kappa shape index (κ2) is 6.00. The molecule has 0 radical (unpaired) electrons. The van der Waals surface area contributed by atoms with Gasteiger partial charge in [-0.1, -0.05) is 0 Å². The summed E-state index contributed by atoms with van der Waals surface area (Å²) in [6, 6.07) is 8.61. The fraction of sp³-hybridized carbons (Fsp3) is 0.118. The number of rotatable bonds is 3. The van der Waals surface area contributed by atoms with Gasteiger partial charge in [0, 0.05) is 23.3 Å². The number of benzene rings is 1. The molecule has 0 saturated heterocycles. The van der Waals surface area contributed by atoms with Crippen molar-refractivity contribution < 1.29 is 9.18 Å². The SMILES string of the molecule is Cc1ncn(-c2ccc(NC(=O)c3ccncc3F)cc2)c1C. The lowest BCUT2D eigenvalue weighted by Crippen LogP contribution is -2.13. The minimum absolute atomic E-state index is 0.0369. The number of anilines is 1. The zero-order valence-electron chi connectivity index (χ0n) is 12.7. The maximum atomic E-state index is 13.5. The van der Waals surface area contributed by atoms with E-state index in [0.29, 0.717) is 5.69 Å². The fourth-order valence-corrected chi connectivity index (χ4v) is 2.22. The first-order valence-electron chi connectivity index (χ1n) is 7.08. The summed E-state index contributed by atoms with van der Waals surface area (Å²) < 4.78 is 15.5. The Morgan fingerprint density at radius 2 is 1.91 bits per heavy atom. The Morgan fingerprint density at radius 3 is 2.52 bits per heavy atom. The first kappa shape index (κ1) is 14.9. The van der Waals surface area contributed by atoms with Crippen molar-refractivity contribution in [3.8, 4) is 5.69 Å². The molecule has 0 spiro atoms. The Morgan fingerprint density at radius 1 is 1.17 bits per heavy atom. The molecule has 23 heavy (non-hydrogen) atoms. The van der Waals surface area contributed by atoms with Crippen molar-refractivity contribution in [3.05, 3.63) is 71.8 Å². The van der Waals surface area contributed by atoms with Gasteiger partial charge in [0.2, 0.25) is 0 Å². The number of carbonyl (C=O) groups excluding carboxylic acids is 1. The minimum atomic E-state index is -0.647. The lowest BCUT2D eigenvalue weighted by molar-refractivity contribution is 0.102. The highest BCUT2D eigenvalue weighted by molar-refractivity contribution is 6.04. The highest BCUT2D eigenvalue weighted by atomic mass is 19.1. The molecule has 1 aromatic carbocycles. The number of hydrogen-bond acceptors (Lipinski definition) is 3. The minimum Gasteiger partial charge on any atom is -0.322 e. The molecule has 0 saturated carbocycles. The second-order valence-corrected chi connectivity index (χ2v) is 5.14. The first-order valence-corrected chi connectivity index (χ1v) is 7.08. The molecule has 3 rings (SSSR count). The van der Waals surface area contributed by atoms with Crippen molar-refractivity contribution >= 4 is 11.6 Å². The van der Waals surface area contributed by atoms with Crippen LogP contribution in [-0.4, -0.2) is 20.4 Å². The van der Waals surface area contributed by atoms with Gasteiger partial charge in [-0.15, -0.1) is 0 Å². The van der Waals surface area contributed by atoms with Crippen molar-refractivity contribution in [2.75, 3.05) is 5.32 Å². The third-order valence-electron chi connectivity index (χ3n) is 3.67. The molecule has 116 valence electrons. The molecule has 0 bridgehead atoms. The summed E-state index contributed by atoms with van der Waals surface area (Å²) >= 11 is 0. The van der Waals surface area contributed by atoms with E-state index >= 15 is 0 Å². The van der Waals surface area contributed by atoms with E-state index in [1.165, 1.54) is 12.3 Å². The van der Waals surface area contributed by atoms with Crippen LogP contribution in [0.5, 0.6) is 0 Å². The molecule has 0 aliphatic rings. The number of amides is 1. The van der Waals surface area contributed by atoms with Crippen molar-refractivity contribution in [3.63, 3.8) is 0 Å². The van der Waals surface area contributed by atoms with E-state index < -0.39 is 11.7 Å². The van der Waals surface area contributed by atoms with Crippen LogP contribution in [0.15, 0.2) is 49.1 Å². The van der Waals surface area contributed by atoms with Gasteiger partial charge < -0.3 is 9.88 Å². The average Bonchev–Trinajstić information content (AvgIpc) is 2.88. The second-order valence-electron chi connectivity index (χ2n) is 5.14. The predicted molar refractivity (Wildman–Crippen MR) is 85.2 cm³/mol. The number of aryl methyl sites for hydroxylation is 1. The molecule has 0 unspecified atom stereocenters. The van der Waals surface area contributed by atoms with Crippen LogP contribution in [0.2, 0.25) is 0 Å². The van der Waals surface area contributed by atoms with Crippen LogP contribution in [0.3, 0.4) is 0 Å². The van der Waals surface area contributed by atoms with Gasteiger partial charge in [0.25, 0.3) is 5.91 Å². The van der Waals surface area contributed by atoms with Crippen LogP contribution >= 0.6 is 0 Å². The number of halogens is 1. The fourth-order valence-electron chi connectivity index (χ4n) is 2.22. The number of imidazole rings is 1. The number of aromatic nitrogens is 3. The van der Waals surface area contributed by atoms with Gasteiger partial charge in [-0.2, -0.15) is 0 Å². The molecule has 2 heterocycles. The Labute approximate surface area is 132 Å². The van der Waals surface area contributed by atoms with Gasteiger partial charge in [-0.3, -0.25) is 9.78 Å². The van der Waals surface area contributed by atoms with E-state index in [1.54, 1.807) is 18.5 Å². The molecule has 0 aliphatic heterocycles. The van der Waals surface area contributed by atoms with Crippen LogP contribution in [0.1, 0.15) is 21.7 Å². The van der Waals surface area contributed by atoms with Crippen molar-refractivity contribution in [2.45, 2.75) is 13.8 Å². The zero-order valence-corrected chi connectivity index (χ0v) is 12.7. The normalized spacial score (nSPS) is 10.6. The Hall–Kier alpha value is -3.02. The number of carbonyl (C=O) groups is 1. The third kappa shape index (κ3) is 2.96. The lowest BCUT2D eigenvalue weighted by Gasteiger charge is -2.09. The summed E-state index contributed by atoms with van der Waals surface area (Å²) in [5, 5.41) is 2.67. The predicted octanol–water partition coefficient (Wildman–Crippen LogP) is 3.28. The number of nitrogens with zero attached hydrogens (tertiary/aromatic N) is 3. The van der Waals surface area contributed by atoms with Crippen molar-refractivity contribution in [1.29, 1.82) is 0 Å². The quantitative estimate of drug-likeness (QED) is 0.807. The number of pyridine rings is 1. The van der Waals surface area contributed by atoms with Crippen LogP contribution in [0.25, 0.3) is 5.69 Å². The van der Waals surface area contributed by atoms with E-state index in [4.69, 9.17) is 0 Å². The lowest BCUT2D eigenvalue weighted by atomic mass is 10.2. The molecule has 1 amide bonds. The van der Waals surface area contributed by atoms with Crippen LogP contribution < -0.4 is 5.32 Å². The van der Waals surface area contributed by atoms with Gasteiger partial charge in [-0.25, -0.2) is 9.37 Å². The van der Waals surface area contributed by atoms with Gasteiger partial charge in [0.15, 0.2) is 5.82 Å². The third-order valence-corrected chi connectivity index (χ3v) is 3.67. The maximum absolute atomic E-state index is 13.5. The Balaban J connectivity index is 1.79. The van der Waals surface area contributed by atoms with Crippen LogP contribution in [0.4, 0.5) is 10.1 Å². The molecular weight excluding hydrogens is 295 g/mol. The highest BCUT2D eigenvalue weighted by Gasteiger charge is 2.11. The summed E-state index contributed by atoms with van der Waals surface area (Å²) in [7, 11) is 0. The van der Waals surface area contributed by atoms with Gasteiger partial charge >= 0.3 is 0 Å². The molecule has 3 aromatic rings. The van der Waals surface area contributed by atoms with Crippen LogP contribution in [-0.2, 0) is 0 Å². The Bertz CT molecular complexity index is 855. The number of nitrogens with one attached hydrogen (secondary N) is 1.